The fraction of sp³-hybridized carbons (Fsp3) is 0.588. The number of thiophene rings is 1. The molecule has 2 N–H and O–H groups in total. The standard InChI is InChI=1S/C17H24N2O4S/c1-10-14(13(20)8-23-10)19-16(22)12(7-17(2,3)4)18-15(21)11-5-6-24-9-11/h5-6,9-10,12,14H,7-8H2,1-4H3,(H,18,21)(H,19,22)/t10-,12-,14-/m0/s1. The zero-order valence-corrected chi connectivity index (χ0v) is 15.2. The first kappa shape index (κ1) is 18.6. The largest absolute Gasteiger partial charge is 0.368 e. The van der Waals surface area contributed by atoms with Gasteiger partial charge < -0.3 is 15.4 Å². The van der Waals surface area contributed by atoms with Gasteiger partial charge in [-0.05, 0) is 30.2 Å². The molecule has 1 aromatic heterocycles. The number of carbonyl (C=O) groups is 3. The highest BCUT2D eigenvalue weighted by Gasteiger charge is 2.36. The molecule has 1 aliphatic rings. The van der Waals surface area contributed by atoms with Crippen LogP contribution in [0.2, 0.25) is 0 Å². The number of carbonyl (C=O) groups excluding carboxylic acids is 3. The summed E-state index contributed by atoms with van der Waals surface area (Å²) in [5, 5.41) is 9.05. The zero-order valence-electron chi connectivity index (χ0n) is 14.4. The number of ether oxygens (including phenoxy) is 1. The molecule has 0 unspecified atom stereocenters. The second kappa shape index (κ2) is 7.44. The van der Waals surface area contributed by atoms with Gasteiger partial charge in [-0.15, -0.1) is 0 Å². The highest BCUT2D eigenvalue weighted by molar-refractivity contribution is 7.08. The third kappa shape index (κ3) is 4.88. The summed E-state index contributed by atoms with van der Waals surface area (Å²) in [6.07, 6.45) is 0.106. The van der Waals surface area contributed by atoms with Gasteiger partial charge >= 0.3 is 0 Å². The average Bonchev–Trinajstić information content (AvgIpc) is 3.10. The lowest BCUT2D eigenvalue weighted by molar-refractivity contribution is -0.128. The molecule has 2 rings (SSSR count). The number of nitrogens with one attached hydrogen (secondary N) is 2. The molecular formula is C17H24N2O4S. The Morgan fingerprint density at radius 3 is 2.62 bits per heavy atom. The summed E-state index contributed by atoms with van der Waals surface area (Å²) in [5.41, 5.74) is 0.367. The molecule has 0 spiro atoms. The third-order valence-corrected chi connectivity index (χ3v) is 4.51. The van der Waals surface area contributed by atoms with Gasteiger partial charge in [-0.2, -0.15) is 11.3 Å². The first-order valence-corrected chi connectivity index (χ1v) is 8.89. The van der Waals surface area contributed by atoms with E-state index < -0.39 is 12.1 Å². The van der Waals surface area contributed by atoms with Gasteiger partial charge in [-0.25, -0.2) is 0 Å². The molecule has 0 radical (unpaired) electrons. The summed E-state index contributed by atoms with van der Waals surface area (Å²) in [6, 6.07) is 0.346. The molecule has 7 heteroatoms. The van der Waals surface area contributed by atoms with E-state index in [-0.39, 0.29) is 35.7 Å². The lowest BCUT2D eigenvalue weighted by atomic mass is 9.87. The monoisotopic (exact) mass is 352 g/mol. The molecule has 0 saturated carbocycles. The molecule has 1 saturated heterocycles. The molecule has 0 aliphatic carbocycles. The first-order valence-electron chi connectivity index (χ1n) is 7.95. The molecule has 1 aromatic rings. The Morgan fingerprint density at radius 2 is 2.12 bits per heavy atom. The van der Waals surface area contributed by atoms with Gasteiger partial charge in [0.1, 0.15) is 18.7 Å². The highest BCUT2D eigenvalue weighted by Crippen LogP contribution is 2.22. The summed E-state index contributed by atoms with van der Waals surface area (Å²) in [5.74, 6) is -0.790. The average molecular weight is 352 g/mol. The fourth-order valence-electron chi connectivity index (χ4n) is 2.57. The van der Waals surface area contributed by atoms with Crippen molar-refractivity contribution in [1.82, 2.24) is 10.6 Å². The second-order valence-electron chi connectivity index (χ2n) is 7.27. The number of hydrogen-bond donors (Lipinski definition) is 2. The highest BCUT2D eigenvalue weighted by atomic mass is 32.1. The van der Waals surface area contributed by atoms with Crippen LogP contribution in [0.3, 0.4) is 0 Å². The van der Waals surface area contributed by atoms with Crippen LogP contribution >= 0.6 is 11.3 Å². The maximum Gasteiger partial charge on any atom is 0.252 e. The van der Waals surface area contributed by atoms with E-state index in [0.717, 1.165) is 0 Å². The van der Waals surface area contributed by atoms with E-state index in [1.54, 1.807) is 18.4 Å². The van der Waals surface area contributed by atoms with E-state index in [0.29, 0.717) is 12.0 Å². The van der Waals surface area contributed by atoms with Crippen molar-refractivity contribution in [2.45, 2.75) is 52.3 Å². The Kier molecular flexibility index (Phi) is 5.77. The fourth-order valence-corrected chi connectivity index (χ4v) is 3.21. The van der Waals surface area contributed by atoms with Crippen LogP contribution in [0.1, 0.15) is 44.5 Å². The molecule has 6 nitrogen and oxygen atoms in total. The van der Waals surface area contributed by atoms with Crippen LogP contribution in [0, 0.1) is 5.41 Å². The van der Waals surface area contributed by atoms with Gasteiger partial charge in [0.25, 0.3) is 5.91 Å². The molecule has 132 valence electrons. The molecule has 24 heavy (non-hydrogen) atoms. The Balaban J connectivity index is 2.08. The van der Waals surface area contributed by atoms with Crippen molar-refractivity contribution < 1.29 is 19.1 Å². The number of rotatable bonds is 5. The van der Waals surface area contributed by atoms with Crippen molar-refractivity contribution in [3.63, 3.8) is 0 Å². The molecule has 0 aromatic carbocycles. The maximum absolute atomic E-state index is 12.6. The second-order valence-corrected chi connectivity index (χ2v) is 8.05. The molecule has 3 atom stereocenters. The predicted molar refractivity (Wildman–Crippen MR) is 92.0 cm³/mol. The summed E-state index contributed by atoms with van der Waals surface area (Å²) in [7, 11) is 0. The Labute approximate surface area is 146 Å². The van der Waals surface area contributed by atoms with E-state index in [4.69, 9.17) is 4.74 Å². The van der Waals surface area contributed by atoms with Crippen LogP contribution < -0.4 is 10.6 Å². The van der Waals surface area contributed by atoms with Crippen molar-refractivity contribution >= 4 is 28.9 Å². The summed E-state index contributed by atoms with van der Waals surface area (Å²) >= 11 is 1.42. The lowest BCUT2D eigenvalue weighted by Crippen LogP contribution is -2.53. The van der Waals surface area contributed by atoms with Gasteiger partial charge in [-0.3, -0.25) is 14.4 Å². The van der Waals surface area contributed by atoms with Crippen molar-refractivity contribution in [3.8, 4) is 0 Å². The van der Waals surface area contributed by atoms with Crippen molar-refractivity contribution in [3.05, 3.63) is 22.4 Å². The van der Waals surface area contributed by atoms with Gasteiger partial charge in [0.2, 0.25) is 5.91 Å². The minimum atomic E-state index is -0.710. The number of hydrogen-bond acceptors (Lipinski definition) is 5. The smallest absolute Gasteiger partial charge is 0.252 e. The quantitative estimate of drug-likeness (QED) is 0.846. The molecular weight excluding hydrogens is 328 g/mol. The number of ketones is 1. The number of amides is 2. The Hall–Kier alpha value is -1.73. The maximum atomic E-state index is 12.6. The third-order valence-electron chi connectivity index (χ3n) is 3.82. The van der Waals surface area contributed by atoms with E-state index >= 15 is 0 Å². The van der Waals surface area contributed by atoms with Gasteiger partial charge in [-0.1, -0.05) is 20.8 Å². The topological polar surface area (TPSA) is 84.5 Å². The van der Waals surface area contributed by atoms with E-state index in [9.17, 15) is 14.4 Å². The summed E-state index contributed by atoms with van der Waals surface area (Å²) in [4.78, 5) is 36.7. The van der Waals surface area contributed by atoms with Crippen LogP contribution in [0.5, 0.6) is 0 Å². The van der Waals surface area contributed by atoms with E-state index in [1.165, 1.54) is 11.3 Å². The Morgan fingerprint density at radius 1 is 1.42 bits per heavy atom. The van der Waals surface area contributed by atoms with Crippen LogP contribution in [0.15, 0.2) is 16.8 Å². The molecule has 2 amide bonds. The van der Waals surface area contributed by atoms with Crippen molar-refractivity contribution in [1.29, 1.82) is 0 Å². The normalized spacial score (nSPS) is 22.2. The van der Waals surface area contributed by atoms with Crippen LogP contribution in [0.4, 0.5) is 0 Å². The molecule has 1 aliphatic heterocycles. The zero-order chi connectivity index (χ0) is 17.9. The predicted octanol–water partition coefficient (Wildman–Crippen LogP) is 1.76. The SMILES string of the molecule is C[C@@H]1OCC(=O)[C@H]1NC(=O)[C@H](CC(C)(C)C)NC(=O)c1ccsc1. The molecule has 2 heterocycles. The Bertz CT molecular complexity index is 607. The lowest BCUT2D eigenvalue weighted by Gasteiger charge is -2.27. The minimum Gasteiger partial charge on any atom is -0.368 e. The summed E-state index contributed by atoms with van der Waals surface area (Å²) in [6.45, 7) is 7.75. The van der Waals surface area contributed by atoms with Crippen molar-refractivity contribution in [2.24, 2.45) is 5.41 Å². The van der Waals surface area contributed by atoms with Crippen LogP contribution in [-0.2, 0) is 14.3 Å². The number of Topliss-reactive ketones (excluding diaryl/α,β-unsaturated/α-hetero) is 1. The first-order chi connectivity index (χ1) is 11.2. The van der Waals surface area contributed by atoms with E-state index in [2.05, 4.69) is 10.6 Å². The van der Waals surface area contributed by atoms with Gasteiger partial charge in [0.05, 0.1) is 11.7 Å². The van der Waals surface area contributed by atoms with Crippen LogP contribution in [-0.4, -0.2) is 42.4 Å². The molecule has 1 fully saturated rings. The van der Waals surface area contributed by atoms with E-state index in [1.807, 2.05) is 26.2 Å². The van der Waals surface area contributed by atoms with Crippen LogP contribution in [0.25, 0.3) is 0 Å². The minimum absolute atomic E-state index is 0.0112. The van der Waals surface area contributed by atoms with Crippen molar-refractivity contribution in [2.75, 3.05) is 6.61 Å². The van der Waals surface area contributed by atoms with Gasteiger partial charge in [0.15, 0.2) is 5.78 Å². The molecule has 0 bridgehead atoms. The van der Waals surface area contributed by atoms with Gasteiger partial charge in [0, 0.05) is 5.38 Å². The summed E-state index contributed by atoms with van der Waals surface area (Å²) < 4.78 is 5.25.